The minimum Gasteiger partial charge on any atom is -0.293 e. The normalized spacial score (nSPS) is 19.0. The minimum atomic E-state index is -3.48. The van der Waals surface area contributed by atoms with E-state index in [2.05, 4.69) is 0 Å². The maximum Gasteiger partial charge on any atom is 0.244 e. The highest BCUT2D eigenvalue weighted by Gasteiger charge is 2.34. The third-order valence-electron chi connectivity index (χ3n) is 2.89. The molecule has 5 heteroatoms. The molecule has 92 valence electrons. The van der Waals surface area contributed by atoms with E-state index >= 15 is 0 Å². The Hall–Kier alpha value is -1.20. The molecule has 0 saturated heterocycles. The molecular formula is C12H15NO3S. The number of Topliss-reactive ketones (excluding diaryl/α,β-unsaturated/α-hetero) is 1. The van der Waals surface area contributed by atoms with Crippen LogP contribution in [0.15, 0.2) is 29.2 Å². The van der Waals surface area contributed by atoms with E-state index < -0.39 is 10.0 Å². The van der Waals surface area contributed by atoms with Crippen molar-refractivity contribution in [3.8, 4) is 0 Å². The van der Waals surface area contributed by atoms with Crippen LogP contribution in [-0.2, 0) is 10.0 Å². The van der Waals surface area contributed by atoms with Gasteiger partial charge < -0.3 is 0 Å². The van der Waals surface area contributed by atoms with Gasteiger partial charge in [0, 0.05) is 12.1 Å². The van der Waals surface area contributed by atoms with E-state index in [1.807, 2.05) is 6.92 Å². The second-order valence-electron chi connectivity index (χ2n) is 4.11. The van der Waals surface area contributed by atoms with Gasteiger partial charge in [0.1, 0.15) is 0 Å². The van der Waals surface area contributed by atoms with Crippen molar-refractivity contribution >= 4 is 15.8 Å². The van der Waals surface area contributed by atoms with Crippen LogP contribution in [0.1, 0.15) is 30.1 Å². The predicted octanol–water partition coefficient (Wildman–Crippen LogP) is 1.67. The Bertz CT molecular complexity index is 536. The summed E-state index contributed by atoms with van der Waals surface area (Å²) in [6.07, 6.45) is 1.68. The van der Waals surface area contributed by atoms with Gasteiger partial charge in [-0.3, -0.25) is 4.79 Å². The lowest BCUT2D eigenvalue weighted by Gasteiger charge is -2.26. The van der Waals surface area contributed by atoms with Gasteiger partial charge >= 0.3 is 0 Å². The average molecular weight is 253 g/mol. The Morgan fingerprint density at radius 1 is 1.29 bits per heavy atom. The van der Waals surface area contributed by atoms with Crippen molar-refractivity contribution in [2.45, 2.75) is 24.7 Å². The zero-order valence-corrected chi connectivity index (χ0v) is 10.5. The van der Waals surface area contributed by atoms with Crippen molar-refractivity contribution in [1.29, 1.82) is 0 Å². The molecule has 2 rings (SSSR count). The van der Waals surface area contributed by atoms with Gasteiger partial charge in [-0.2, -0.15) is 4.31 Å². The highest BCUT2D eigenvalue weighted by atomic mass is 32.2. The summed E-state index contributed by atoms with van der Waals surface area (Å²) in [5.41, 5.74) is 0.320. The quantitative estimate of drug-likeness (QED) is 0.823. The second kappa shape index (κ2) is 4.58. The van der Waals surface area contributed by atoms with Gasteiger partial charge in [0.2, 0.25) is 10.0 Å². The smallest absolute Gasteiger partial charge is 0.244 e. The van der Waals surface area contributed by atoms with E-state index in [9.17, 15) is 13.2 Å². The van der Waals surface area contributed by atoms with Gasteiger partial charge in [-0.15, -0.1) is 0 Å². The van der Waals surface area contributed by atoms with Crippen LogP contribution in [0.25, 0.3) is 0 Å². The van der Waals surface area contributed by atoms with Crippen LogP contribution in [0.3, 0.4) is 0 Å². The first-order valence-corrected chi connectivity index (χ1v) is 7.13. The molecule has 1 heterocycles. The van der Waals surface area contributed by atoms with E-state index in [0.717, 1.165) is 12.8 Å². The molecule has 0 aromatic heterocycles. The highest BCUT2D eigenvalue weighted by molar-refractivity contribution is 7.89. The Morgan fingerprint density at radius 3 is 2.71 bits per heavy atom. The third kappa shape index (κ3) is 2.12. The zero-order chi connectivity index (χ0) is 12.5. The lowest BCUT2D eigenvalue weighted by Crippen LogP contribution is -2.41. The standard InChI is InChI=1S/C12H15NO3S/c1-2-3-8-13-9-11(14)10-6-4-5-7-12(10)17(13,15)16/h4-7H,2-3,8-9H2,1H3. The lowest BCUT2D eigenvalue weighted by atomic mass is 10.1. The van der Waals surface area contributed by atoms with Crippen LogP contribution < -0.4 is 0 Å². The fourth-order valence-electron chi connectivity index (χ4n) is 1.93. The summed E-state index contributed by atoms with van der Waals surface area (Å²) in [6.45, 7) is 2.38. The number of rotatable bonds is 3. The molecule has 1 aliphatic rings. The summed E-state index contributed by atoms with van der Waals surface area (Å²) in [5, 5.41) is 0. The molecule has 0 amide bonds. The van der Waals surface area contributed by atoms with Crippen LogP contribution in [0.4, 0.5) is 0 Å². The lowest BCUT2D eigenvalue weighted by molar-refractivity contribution is 0.0955. The van der Waals surface area contributed by atoms with Crippen LogP contribution in [0.2, 0.25) is 0 Å². The van der Waals surface area contributed by atoms with Crippen LogP contribution in [0.5, 0.6) is 0 Å². The Morgan fingerprint density at radius 2 is 2.00 bits per heavy atom. The Kier molecular flexibility index (Phi) is 3.31. The third-order valence-corrected chi connectivity index (χ3v) is 4.79. The first kappa shape index (κ1) is 12.3. The molecule has 0 unspecified atom stereocenters. The van der Waals surface area contributed by atoms with Gasteiger partial charge in [0.05, 0.1) is 11.4 Å². The van der Waals surface area contributed by atoms with Crippen molar-refractivity contribution in [2.75, 3.05) is 13.1 Å². The number of ketones is 1. The summed E-state index contributed by atoms with van der Waals surface area (Å²) in [7, 11) is -3.48. The van der Waals surface area contributed by atoms with Crippen molar-refractivity contribution in [1.82, 2.24) is 4.31 Å². The maximum absolute atomic E-state index is 12.2. The number of sulfonamides is 1. The summed E-state index contributed by atoms with van der Waals surface area (Å²) >= 11 is 0. The molecule has 1 aromatic carbocycles. The molecule has 0 saturated carbocycles. The number of nitrogens with zero attached hydrogens (tertiary/aromatic N) is 1. The fraction of sp³-hybridized carbons (Fsp3) is 0.417. The first-order valence-electron chi connectivity index (χ1n) is 5.69. The van der Waals surface area contributed by atoms with Crippen LogP contribution >= 0.6 is 0 Å². The highest BCUT2D eigenvalue weighted by Crippen LogP contribution is 2.26. The van der Waals surface area contributed by atoms with E-state index in [-0.39, 0.29) is 17.2 Å². The molecule has 4 nitrogen and oxygen atoms in total. The molecular weight excluding hydrogens is 238 g/mol. The number of carbonyl (C=O) groups is 1. The van der Waals surface area contributed by atoms with Crippen LogP contribution in [0, 0.1) is 0 Å². The van der Waals surface area contributed by atoms with E-state index in [4.69, 9.17) is 0 Å². The van der Waals surface area contributed by atoms with E-state index in [1.165, 1.54) is 10.4 Å². The van der Waals surface area contributed by atoms with Crippen molar-refractivity contribution in [3.05, 3.63) is 29.8 Å². The summed E-state index contributed by atoms with van der Waals surface area (Å²) in [4.78, 5) is 12.0. The molecule has 0 aliphatic carbocycles. The zero-order valence-electron chi connectivity index (χ0n) is 9.72. The molecule has 0 bridgehead atoms. The number of carbonyl (C=O) groups excluding carboxylic acids is 1. The molecule has 1 aromatic rings. The van der Waals surface area contributed by atoms with Crippen molar-refractivity contribution in [3.63, 3.8) is 0 Å². The fourth-order valence-corrected chi connectivity index (χ4v) is 3.57. The largest absolute Gasteiger partial charge is 0.293 e. The number of hydrogen-bond acceptors (Lipinski definition) is 3. The predicted molar refractivity (Wildman–Crippen MR) is 64.4 cm³/mol. The second-order valence-corrected chi connectivity index (χ2v) is 6.02. The molecule has 0 atom stereocenters. The molecule has 0 N–H and O–H groups in total. The first-order chi connectivity index (χ1) is 8.07. The van der Waals surface area contributed by atoms with Gasteiger partial charge in [-0.05, 0) is 18.6 Å². The van der Waals surface area contributed by atoms with E-state index in [1.54, 1.807) is 18.2 Å². The van der Waals surface area contributed by atoms with E-state index in [0.29, 0.717) is 12.1 Å². The average Bonchev–Trinajstić information content (AvgIpc) is 2.32. The van der Waals surface area contributed by atoms with Crippen molar-refractivity contribution in [2.24, 2.45) is 0 Å². The summed E-state index contributed by atoms with van der Waals surface area (Å²) in [6, 6.07) is 6.41. The maximum atomic E-state index is 12.2. The molecule has 0 spiro atoms. The number of fused-ring (bicyclic) bond motifs is 1. The SMILES string of the molecule is CCCCN1CC(=O)c2ccccc2S1(=O)=O. The Labute approximate surface area is 101 Å². The number of unbranched alkanes of at least 4 members (excludes halogenated alkanes) is 1. The monoisotopic (exact) mass is 253 g/mol. The molecule has 0 fully saturated rings. The minimum absolute atomic E-state index is 0.0284. The van der Waals surface area contributed by atoms with Gasteiger partial charge in [0.15, 0.2) is 5.78 Å². The van der Waals surface area contributed by atoms with Crippen molar-refractivity contribution < 1.29 is 13.2 Å². The van der Waals surface area contributed by atoms with Gasteiger partial charge in [-0.25, -0.2) is 8.42 Å². The summed E-state index contributed by atoms with van der Waals surface area (Å²) < 4.78 is 25.7. The number of benzene rings is 1. The van der Waals surface area contributed by atoms with Gasteiger partial charge in [-0.1, -0.05) is 25.5 Å². The van der Waals surface area contributed by atoms with Crippen LogP contribution in [-0.4, -0.2) is 31.6 Å². The summed E-state index contributed by atoms with van der Waals surface area (Å²) in [5.74, 6) is -0.119. The topological polar surface area (TPSA) is 54.5 Å². The molecule has 1 aliphatic heterocycles. The number of hydrogen-bond donors (Lipinski definition) is 0. The molecule has 17 heavy (non-hydrogen) atoms. The Balaban J connectivity index is 2.44. The van der Waals surface area contributed by atoms with Gasteiger partial charge in [0.25, 0.3) is 0 Å². The molecule has 0 radical (unpaired) electrons.